The van der Waals surface area contributed by atoms with E-state index in [0.717, 1.165) is 29.7 Å². The van der Waals surface area contributed by atoms with E-state index in [2.05, 4.69) is 18.0 Å². The van der Waals surface area contributed by atoms with E-state index in [-0.39, 0.29) is 0 Å². The third-order valence-electron chi connectivity index (χ3n) is 2.81. The second-order valence-electron chi connectivity index (χ2n) is 4.00. The topological polar surface area (TPSA) is 65.6 Å². The number of nitrogen functional groups attached to an aromatic ring is 1. The van der Waals surface area contributed by atoms with Crippen molar-refractivity contribution in [2.45, 2.75) is 19.8 Å². The Morgan fingerprint density at radius 1 is 1.29 bits per heavy atom. The van der Waals surface area contributed by atoms with Gasteiger partial charge in [0.25, 0.3) is 0 Å². The zero-order chi connectivity index (χ0) is 12.3. The van der Waals surface area contributed by atoms with Gasteiger partial charge < -0.3 is 10.7 Å². The number of H-pyrrole nitrogens is 1. The molecule has 3 N–H and O–H groups in total. The van der Waals surface area contributed by atoms with Crippen molar-refractivity contribution in [1.29, 1.82) is 5.26 Å². The monoisotopic (exact) mass is 225 g/mol. The van der Waals surface area contributed by atoms with Crippen LogP contribution in [-0.2, 0) is 6.42 Å². The lowest BCUT2D eigenvalue weighted by Crippen LogP contribution is -1.90. The SMILES string of the molecule is CCCc1c(-c2ccccc2)[nH]c(N)c1C#N. The van der Waals surface area contributed by atoms with Gasteiger partial charge in [-0.2, -0.15) is 5.26 Å². The first-order chi connectivity index (χ1) is 8.27. The summed E-state index contributed by atoms with van der Waals surface area (Å²) in [7, 11) is 0. The number of rotatable bonds is 3. The van der Waals surface area contributed by atoms with Gasteiger partial charge in [0.1, 0.15) is 11.9 Å². The van der Waals surface area contributed by atoms with Gasteiger partial charge in [0, 0.05) is 0 Å². The van der Waals surface area contributed by atoms with Crippen molar-refractivity contribution >= 4 is 5.82 Å². The summed E-state index contributed by atoms with van der Waals surface area (Å²) >= 11 is 0. The van der Waals surface area contributed by atoms with Gasteiger partial charge >= 0.3 is 0 Å². The minimum atomic E-state index is 0.467. The van der Waals surface area contributed by atoms with E-state index in [1.807, 2.05) is 30.3 Å². The molecule has 0 saturated heterocycles. The van der Waals surface area contributed by atoms with Crippen LogP contribution in [0.4, 0.5) is 5.82 Å². The summed E-state index contributed by atoms with van der Waals surface area (Å²) in [5.41, 5.74) is 9.50. The predicted octanol–water partition coefficient (Wildman–Crippen LogP) is 3.09. The Bertz CT molecular complexity index is 547. The number of hydrogen-bond acceptors (Lipinski definition) is 2. The molecule has 0 saturated carbocycles. The fourth-order valence-electron chi connectivity index (χ4n) is 2.04. The summed E-state index contributed by atoms with van der Waals surface area (Å²) < 4.78 is 0. The van der Waals surface area contributed by atoms with Crippen molar-refractivity contribution in [1.82, 2.24) is 4.98 Å². The number of aromatic nitrogens is 1. The molecule has 1 heterocycles. The van der Waals surface area contributed by atoms with Gasteiger partial charge in [-0.1, -0.05) is 43.7 Å². The minimum absolute atomic E-state index is 0.467. The maximum absolute atomic E-state index is 9.14. The quantitative estimate of drug-likeness (QED) is 0.843. The van der Waals surface area contributed by atoms with Crippen LogP contribution in [0.1, 0.15) is 24.5 Å². The maximum Gasteiger partial charge on any atom is 0.119 e. The molecule has 0 unspecified atom stereocenters. The molecule has 0 radical (unpaired) electrons. The van der Waals surface area contributed by atoms with Crippen LogP contribution in [0.2, 0.25) is 0 Å². The molecule has 2 aromatic rings. The molecule has 1 aromatic carbocycles. The van der Waals surface area contributed by atoms with Crippen LogP contribution in [0.3, 0.4) is 0 Å². The van der Waals surface area contributed by atoms with E-state index in [9.17, 15) is 0 Å². The van der Waals surface area contributed by atoms with Gasteiger partial charge in [0.15, 0.2) is 0 Å². The standard InChI is InChI=1S/C14H15N3/c1-2-6-11-12(9-15)14(16)17-13(11)10-7-4-3-5-8-10/h3-5,7-8,17H,2,6,16H2,1H3. The Morgan fingerprint density at radius 3 is 2.59 bits per heavy atom. The Labute approximate surface area is 101 Å². The van der Waals surface area contributed by atoms with Crippen LogP contribution in [0.25, 0.3) is 11.3 Å². The molecule has 0 spiro atoms. The van der Waals surface area contributed by atoms with Gasteiger partial charge in [-0.25, -0.2) is 0 Å². The number of anilines is 1. The largest absolute Gasteiger partial charge is 0.384 e. The van der Waals surface area contributed by atoms with Gasteiger partial charge in [-0.15, -0.1) is 0 Å². The minimum Gasteiger partial charge on any atom is -0.384 e. The number of nitrogens with one attached hydrogen (secondary N) is 1. The van der Waals surface area contributed by atoms with Crippen molar-refractivity contribution in [2.24, 2.45) is 0 Å². The zero-order valence-corrected chi connectivity index (χ0v) is 9.83. The number of nitrogens with zero attached hydrogens (tertiary/aromatic N) is 1. The summed E-state index contributed by atoms with van der Waals surface area (Å²) in [5, 5.41) is 9.14. The van der Waals surface area contributed by atoms with Crippen LogP contribution in [0.5, 0.6) is 0 Å². The first kappa shape index (κ1) is 11.3. The van der Waals surface area contributed by atoms with Gasteiger partial charge in [0.05, 0.1) is 11.3 Å². The van der Waals surface area contributed by atoms with Crippen LogP contribution in [0.15, 0.2) is 30.3 Å². The number of nitriles is 1. The first-order valence-corrected chi connectivity index (χ1v) is 5.73. The molecule has 0 bridgehead atoms. The molecule has 1 aromatic heterocycles. The van der Waals surface area contributed by atoms with Gasteiger partial charge in [-0.05, 0) is 17.5 Å². The van der Waals surface area contributed by atoms with Crippen LogP contribution < -0.4 is 5.73 Å². The van der Waals surface area contributed by atoms with Gasteiger partial charge in [-0.3, -0.25) is 0 Å². The van der Waals surface area contributed by atoms with Crippen molar-refractivity contribution in [3.8, 4) is 17.3 Å². The number of hydrogen-bond donors (Lipinski definition) is 2. The maximum atomic E-state index is 9.14. The molecule has 0 aliphatic rings. The number of aromatic amines is 1. The molecular weight excluding hydrogens is 210 g/mol. The highest BCUT2D eigenvalue weighted by atomic mass is 14.9. The Balaban J connectivity index is 2.59. The zero-order valence-electron chi connectivity index (χ0n) is 9.83. The molecule has 0 fully saturated rings. The van der Waals surface area contributed by atoms with Crippen LogP contribution in [0, 0.1) is 11.3 Å². The molecule has 3 nitrogen and oxygen atoms in total. The fourth-order valence-corrected chi connectivity index (χ4v) is 2.04. The number of nitrogens with two attached hydrogens (primary N) is 1. The predicted molar refractivity (Wildman–Crippen MR) is 69.4 cm³/mol. The lowest BCUT2D eigenvalue weighted by Gasteiger charge is -2.03. The summed E-state index contributed by atoms with van der Waals surface area (Å²) in [6, 6.07) is 12.2. The molecule has 0 aliphatic heterocycles. The van der Waals surface area contributed by atoms with E-state index >= 15 is 0 Å². The highest BCUT2D eigenvalue weighted by Gasteiger charge is 2.15. The average Bonchev–Trinajstić information content (AvgIpc) is 2.67. The van der Waals surface area contributed by atoms with E-state index < -0.39 is 0 Å². The normalized spacial score (nSPS) is 10.1. The summed E-state index contributed by atoms with van der Waals surface area (Å²) in [6.45, 7) is 2.10. The Morgan fingerprint density at radius 2 is 2.00 bits per heavy atom. The second-order valence-corrected chi connectivity index (χ2v) is 4.00. The lowest BCUT2D eigenvalue weighted by molar-refractivity contribution is 0.922. The smallest absolute Gasteiger partial charge is 0.119 e. The molecule has 0 atom stereocenters. The number of benzene rings is 1. The van der Waals surface area contributed by atoms with E-state index in [4.69, 9.17) is 11.0 Å². The Kier molecular flexibility index (Phi) is 3.15. The molecular formula is C14H15N3. The highest BCUT2D eigenvalue weighted by Crippen LogP contribution is 2.30. The molecule has 86 valence electrons. The molecule has 2 rings (SSSR count). The molecule has 0 amide bonds. The van der Waals surface area contributed by atoms with Crippen LogP contribution in [-0.4, -0.2) is 4.98 Å². The first-order valence-electron chi connectivity index (χ1n) is 5.73. The van der Waals surface area contributed by atoms with Crippen molar-refractivity contribution in [3.05, 3.63) is 41.5 Å². The molecule has 17 heavy (non-hydrogen) atoms. The van der Waals surface area contributed by atoms with Gasteiger partial charge in [0.2, 0.25) is 0 Å². The van der Waals surface area contributed by atoms with Crippen LogP contribution >= 0.6 is 0 Å². The molecule has 0 aliphatic carbocycles. The summed E-state index contributed by atoms with van der Waals surface area (Å²) in [5.74, 6) is 0.467. The van der Waals surface area contributed by atoms with E-state index in [1.54, 1.807) is 0 Å². The summed E-state index contributed by atoms with van der Waals surface area (Å²) in [4.78, 5) is 3.12. The van der Waals surface area contributed by atoms with Crippen molar-refractivity contribution in [2.75, 3.05) is 5.73 Å². The second kappa shape index (κ2) is 4.75. The summed E-state index contributed by atoms with van der Waals surface area (Å²) in [6.07, 6.45) is 1.85. The third kappa shape index (κ3) is 2.02. The van der Waals surface area contributed by atoms with Crippen molar-refractivity contribution < 1.29 is 0 Å². The fraction of sp³-hybridized carbons (Fsp3) is 0.214. The average molecular weight is 225 g/mol. The lowest BCUT2D eigenvalue weighted by atomic mass is 10.0. The van der Waals surface area contributed by atoms with Crippen molar-refractivity contribution in [3.63, 3.8) is 0 Å². The highest BCUT2D eigenvalue weighted by molar-refractivity contribution is 5.73. The third-order valence-corrected chi connectivity index (χ3v) is 2.81. The Hall–Kier alpha value is -2.21. The molecule has 3 heteroatoms. The van der Waals surface area contributed by atoms with E-state index in [1.165, 1.54) is 0 Å². The van der Waals surface area contributed by atoms with E-state index in [0.29, 0.717) is 11.4 Å².